The molecule has 0 aliphatic heterocycles. The fourth-order valence-corrected chi connectivity index (χ4v) is 1.90. The second-order valence-corrected chi connectivity index (χ2v) is 6.11. The molecule has 0 spiro atoms. The van der Waals surface area contributed by atoms with Crippen molar-refractivity contribution in [1.29, 1.82) is 0 Å². The van der Waals surface area contributed by atoms with Crippen LogP contribution in [-0.2, 0) is 6.18 Å². The van der Waals surface area contributed by atoms with Gasteiger partial charge in [0.05, 0.1) is 5.54 Å². The van der Waals surface area contributed by atoms with Crippen LogP contribution in [0.5, 0.6) is 0 Å². The quantitative estimate of drug-likeness (QED) is 0.697. The Kier molecular flexibility index (Phi) is 6.36. The van der Waals surface area contributed by atoms with Gasteiger partial charge in [-0.1, -0.05) is 13.8 Å². The Morgan fingerprint density at radius 1 is 1.35 bits per heavy atom. The number of nitrogens with one attached hydrogen (secondary N) is 2. The van der Waals surface area contributed by atoms with Gasteiger partial charge >= 0.3 is 6.18 Å². The molecule has 0 aliphatic carbocycles. The normalized spacial score (nSPS) is 14.0. The number of carbonyl (C=O) groups is 1. The van der Waals surface area contributed by atoms with E-state index in [-0.39, 0.29) is 42.5 Å². The number of hydrogen-bond acceptors (Lipinski definition) is 6. The van der Waals surface area contributed by atoms with Crippen LogP contribution in [0.4, 0.5) is 13.2 Å². The van der Waals surface area contributed by atoms with Gasteiger partial charge in [-0.15, -0.1) is 22.6 Å². The van der Waals surface area contributed by atoms with E-state index in [0.717, 1.165) is 4.68 Å². The number of amides is 1. The molecule has 1 atom stereocenters. The Morgan fingerprint density at radius 3 is 2.42 bits per heavy atom. The van der Waals surface area contributed by atoms with Crippen LogP contribution in [0.3, 0.4) is 0 Å². The highest BCUT2D eigenvalue weighted by molar-refractivity contribution is 5.91. The smallest absolute Gasteiger partial charge is 0.343 e. The fourth-order valence-electron chi connectivity index (χ4n) is 1.90. The van der Waals surface area contributed by atoms with Gasteiger partial charge in [0.15, 0.2) is 0 Å². The number of alkyl halides is 3. The van der Waals surface area contributed by atoms with Crippen molar-refractivity contribution >= 4 is 18.3 Å². The first kappa shape index (κ1) is 21.8. The van der Waals surface area contributed by atoms with E-state index in [4.69, 9.17) is 5.73 Å². The van der Waals surface area contributed by atoms with Gasteiger partial charge in [-0.3, -0.25) is 9.89 Å². The molecule has 1 unspecified atom stereocenters. The number of hydrogen-bond donors (Lipinski definition) is 3. The summed E-state index contributed by atoms with van der Waals surface area (Å²) in [5.74, 6) is -2.21. The molecule has 0 aliphatic rings. The summed E-state index contributed by atoms with van der Waals surface area (Å²) < 4.78 is 38.7. The summed E-state index contributed by atoms with van der Waals surface area (Å²) in [5.41, 5.74) is 5.04. The maximum Gasteiger partial charge on any atom is 0.451 e. The van der Waals surface area contributed by atoms with Crippen molar-refractivity contribution in [3.63, 3.8) is 0 Å². The molecule has 2 aromatic rings. The first-order chi connectivity index (χ1) is 11.5. The predicted molar refractivity (Wildman–Crippen MR) is 88.1 cm³/mol. The SMILES string of the molecule is Cc1nc(C(=O)NC(C)(CN)C(C)C)nn1-c1n[nH]c(C(F)(F)F)n1.Cl. The van der Waals surface area contributed by atoms with Gasteiger partial charge in [-0.25, -0.2) is 4.98 Å². The second kappa shape index (κ2) is 7.58. The van der Waals surface area contributed by atoms with Crippen molar-refractivity contribution in [2.75, 3.05) is 6.54 Å². The van der Waals surface area contributed by atoms with Crippen LogP contribution < -0.4 is 11.1 Å². The average molecular weight is 397 g/mol. The summed E-state index contributed by atoms with van der Waals surface area (Å²) in [5, 5.41) is 11.9. The van der Waals surface area contributed by atoms with E-state index in [1.165, 1.54) is 6.92 Å². The lowest BCUT2D eigenvalue weighted by molar-refractivity contribution is -0.144. The van der Waals surface area contributed by atoms with E-state index >= 15 is 0 Å². The van der Waals surface area contributed by atoms with Gasteiger partial charge < -0.3 is 11.1 Å². The van der Waals surface area contributed by atoms with Gasteiger partial charge in [0.1, 0.15) is 5.82 Å². The van der Waals surface area contributed by atoms with E-state index in [0.29, 0.717) is 0 Å². The van der Waals surface area contributed by atoms with Crippen LogP contribution >= 0.6 is 12.4 Å². The minimum absolute atomic E-state index is 0. The molecule has 2 heterocycles. The van der Waals surface area contributed by atoms with E-state index < -0.39 is 23.4 Å². The highest BCUT2D eigenvalue weighted by Gasteiger charge is 2.36. The van der Waals surface area contributed by atoms with E-state index in [9.17, 15) is 18.0 Å². The van der Waals surface area contributed by atoms with Crippen molar-refractivity contribution in [2.45, 2.75) is 39.4 Å². The number of aromatic nitrogens is 6. The molecule has 0 saturated carbocycles. The molecule has 0 bridgehead atoms. The van der Waals surface area contributed by atoms with Gasteiger partial charge in [0.2, 0.25) is 11.6 Å². The van der Waals surface area contributed by atoms with Gasteiger partial charge in [-0.05, 0) is 19.8 Å². The summed E-state index contributed by atoms with van der Waals surface area (Å²) in [6.07, 6.45) is -4.67. The second-order valence-electron chi connectivity index (χ2n) is 6.11. The molecule has 2 aromatic heterocycles. The first-order valence-corrected chi connectivity index (χ1v) is 7.44. The Labute approximate surface area is 153 Å². The zero-order valence-corrected chi connectivity index (χ0v) is 15.4. The molecule has 0 fully saturated rings. The van der Waals surface area contributed by atoms with Gasteiger partial charge in [-0.2, -0.15) is 22.8 Å². The lowest BCUT2D eigenvalue weighted by atomic mass is 9.88. The highest BCUT2D eigenvalue weighted by Crippen LogP contribution is 2.26. The summed E-state index contributed by atoms with van der Waals surface area (Å²) in [6.45, 7) is 7.25. The Balaban J connectivity index is 0.00000338. The number of aromatic amines is 1. The number of nitrogens with zero attached hydrogens (tertiary/aromatic N) is 5. The summed E-state index contributed by atoms with van der Waals surface area (Å²) in [4.78, 5) is 19.6. The third-order valence-corrected chi connectivity index (χ3v) is 4.00. The number of nitrogens with two attached hydrogens (primary N) is 1. The molecule has 0 saturated heterocycles. The first-order valence-electron chi connectivity index (χ1n) is 7.44. The Bertz CT molecular complexity index is 772. The monoisotopic (exact) mass is 396 g/mol. The third-order valence-electron chi connectivity index (χ3n) is 4.00. The molecule has 146 valence electrons. The Morgan fingerprint density at radius 2 is 1.96 bits per heavy atom. The van der Waals surface area contributed by atoms with Crippen LogP contribution in [0.15, 0.2) is 0 Å². The lowest BCUT2D eigenvalue weighted by Gasteiger charge is -2.33. The predicted octanol–water partition coefficient (Wildman–Crippen LogP) is 1.24. The zero-order chi connectivity index (χ0) is 19.0. The fraction of sp³-hybridized carbons (Fsp3) is 0.615. The molecule has 4 N–H and O–H groups in total. The lowest BCUT2D eigenvalue weighted by Crippen LogP contribution is -2.55. The minimum Gasteiger partial charge on any atom is -0.343 e. The Hall–Kier alpha value is -2.21. The average Bonchev–Trinajstić information content (AvgIpc) is 3.12. The molecule has 13 heteroatoms. The number of carbonyl (C=O) groups excluding carboxylic acids is 1. The molecule has 2 rings (SSSR count). The number of H-pyrrole nitrogens is 1. The topological polar surface area (TPSA) is 127 Å². The number of rotatable bonds is 5. The summed E-state index contributed by atoms with van der Waals surface area (Å²) >= 11 is 0. The molecule has 0 aromatic carbocycles. The van der Waals surface area contributed by atoms with E-state index in [1.54, 1.807) is 12.0 Å². The number of aryl methyl sites for hydroxylation is 1. The molecule has 0 radical (unpaired) electrons. The summed E-state index contributed by atoms with van der Waals surface area (Å²) in [6, 6.07) is 0. The zero-order valence-electron chi connectivity index (χ0n) is 14.5. The van der Waals surface area contributed by atoms with E-state index in [1.807, 2.05) is 13.8 Å². The maximum absolute atomic E-state index is 12.6. The van der Waals surface area contributed by atoms with Crippen LogP contribution in [0.1, 0.15) is 43.0 Å². The summed E-state index contributed by atoms with van der Waals surface area (Å²) in [7, 11) is 0. The molecular weight excluding hydrogens is 377 g/mol. The van der Waals surface area contributed by atoms with Crippen LogP contribution in [0.25, 0.3) is 5.95 Å². The van der Waals surface area contributed by atoms with Crippen molar-refractivity contribution in [3.8, 4) is 5.95 Å². The van der Waals surface area contributed by atoms with Gasteiger partial charge in [0.25, 0.3) is 11.9 Å². The van der Waals surface area contributed by atoms with Crippen LogP contribution in [-0.4, -0.2) is 47.9 Å². The third kappa shape index (κ3) is 4.30. The molecular formula is C13H20ClF3N8O. The highest BCUT2D eigenvalue weighted by atomic mass is 35.5. The van der Waals surface area contributed by atoms with Crippen LogP contribution in [0.2, 0.25) is 0 Å². The number of halogens is 4. The molecule has 9 nitrogen and oxygen atoms in total. The van der Waals surface area contributed by atoms with Crippen molar-refractivity contribution < 1.29 is 18.0 Å². The van der Waals surface area contributed by atoms with Crippen molar-refractivity contribution in [1.82, 2.24) is 35.3 Å². The van der Waals surface area contributed by atoms with Crippen molar-refractivity contribution in [2.24, 2.45) is 11.7 Å². The van der Waals surface area contributed by atoms with Crippen LogP contribution in [0, 0.1) is 12.8 Å². The molecule has 26 heavy (non-hydrogen) atoms. The maximum atomic E-state index is 12.6. The minimum atomic E-state index is -4.67. The van der Waals surface area contributed by atoms with Crippen molar-refractivity contribution in [3.05, 3.63) is 17.5 Å². The molecule has 1 amide bonds. The van der Waals surface area contributed by atoms with E-state index in [2.05, 4.69) is 25.5 Å². The van der Waals surface area contributed by atoms with Gasteiger partial charge in [0, 0.05) is 6.54 Å². The standard InChI is InChI=1S/C13H19F3N8O.ClH/c1-6(2)12(4,5-17)20-9(25)8-18-7(3)24(23-8)11-19-10(21-22-11)13(14,15)16;/h6H,5,17H2,1-4H3,(H,20,25)(H,19,21,22);1H. The largest absolute Gasteiger partial charge is 0.451 e.